The highest BCUT2D eigenvalue weighted by Gasteiger charge is 2.18. The Morgan fingerprint density at radius 1 is 1.17 bits per heavy atom. The third-order valence-corrected chi connectivity index (χ3v) is 4.93. The lowest BCUT2D eigenvalue weighted by atomic mass is 10.2. The maximum Gasteiger partial charge on any atom is 0.277 e. The second-order valence-electron chi connectivity index (χ2n) is 6.82. The number of hydrogen-bond acceptors (Lipinski definition) is 4. The van der Waals surface area contributed by atoms with Crippen LogP contribution in [-0.2, 0) is 13.1 Å². The number of anilines is 1. The number of rotatable bonds is 7. The first-order valence-electron chi connectivity index (χ1n) is 9.01. The van der Waals surface area contributed by atoms with Gasteiger partial charge in [0.2, 0.25) is 5.89 Å². The van der Waals surface area contributed by atoms with Gasteiger partial charge in [0.1, 0.15) is 12.1 Å². The molecule has 0 saturated heterocycles. The predicted molar refractivity (Wildman–Crippen MR) is 112 cm³/mol. The number of hydrogen-bond donors (Lipinski definition) is 1. The van der Waals surface area contributed by atoms with Gasteiger partial charge in [-0.3, -0.25) is 9.69 Å². The third-order valence-electron chi connectivity index (χ3n) is 4.34. The Kier molecular flexibility index (Phi) is 6.90. The smallest absolute Gasteiger partial charge is 0.277 e. The number of carbonyl (C=O) groups excluding carboxylic acids is 1. The number of nitrogens with one attached hydrogen (secondary N) is 1. The molecule has 0 saturated carbocycles. The molecule has 0 aliphatic rings. The summed E-state index contributed by atoms with van der Waals surface area (Å²) in [6, 6.07) is 11.1. The van der Waals surface area contributed by atoms with Gasteiger partial charge in [-0.2, -0.15) is 0 Å². The monoisotopic (exact) mass is 435 g/mol. The summed E-state index contributed by atoms with van der Waals surface area (Å²) in [4.78, 5) is 18.7. The molecule has 0 unspecified atom stereocenters. The molecule has 1 aromatic heterocycles. The molecule has 1 N–H and O–H groups in total. The Morgan fingerprint density at radius 3 is 2.55 bits per heavy atom. The van der Waals surface area contributed by atoms with E-state index in [9.17, 15) is 9.18 Å². The van der Waals surface area contributed by atoms with E-state index >= 15 is 0 Å². The number of halogens is 3. The van der Waals surface area contributed by atoms with Crippen LogP contribution in [0.2, 0.25) is 10.0 Å². The van der Waals surface area contributed by atoms with Crippen LogP contribution in [0.15, 0.2) is 53.1 Å². The number of carbonyl (C=O) groups is 1. The number of aromatic nitrogens is 1. The summed E-state index contributed by atoms with van der Waals surface area (Å²) in [5.74, 6) is -0.391. The molecule has 0 atom stereocenters. The van der Waals surface area contributed by atoms with Crippen LogP contribution < -0.4 is 5.32 Å². The van der Waals surface area contributed by atoms with Gasteiger partial charge < -0.3 is 9.73 Å². The maximum atomic E-state index is 13.0. The zero-order chi connectivity index (χ0) is 21.0. The largest absolute Gasteiger partial charge is 0.447 e. The zero-order valence-electron chi connectivity index (χ0n) is 16.0. The van der Waals surface area contributed by atoms with E-state index in [1.165, 1.54) is 30.5 Å². The Morgan fingerprint density at radius 2 is 1.90 bits per heavy atom. The summed E-state index contributed by atoms with van der Waals surface area (Å²) in [6.07, 6.45) is 1.31. The minimum Gasteiger partial charge on any atom is -0.447 e. The lowest BCUT2D eigenvalue weighted by Gasteiger charge is -2.25. The Bertz CT molecular complexity index is 990. The van der Waals surface area contributed by atoms with Gasteiger partial charge in [-0.15, -0.1) is 0 Å². The number of benzene rings is 2. The van der Waals surface area contributed by atoms with Crippen molar-refractivity contribution in [2.24, 2.45) is 0 Å². The molecule has 5 nitrogen and oxygen atoms in total. The lowest BCUT2D eigenvalue weighted by molar-refractivity contribution is 0.102. The van der Waals surface area contributed by atoms with Crippen molar-refractivity contribution in [3.63, 3.8) is 0 Å². The van der Waals surface area contributed by atoms with Gasteiger partial charge in [-0.25, -0.2) is 9.37 Å². The fourth-order valence-electron chi connectivity index (χ4n) is 2.68. The molecule has 3 rings (SSSR count). The van der Waals surface area contributed by atoms with E-state index in [1.54, 1.807) is 12.1 Å². The van der Waals surface area contributed by atoms with Crippen LogP contribution >= 0.6 is 23.2 Å². The molecule has 2 aromatic carbocycles. The van der Waals surface area contributed by atoms with Crippen molar-refractivity contribution < 1.29 is 13.6 Å². The molecule has 1 amide bonds. The quantitative estimate of drug-likeness (QED) is 0.510. The normalized spacial score (nSPS) is 11.3. The summed E-state index contributed by atoms with van der Waals surface area (Å²) >= 11 is 12.3. The zero-order valence-corrected chi connectivity index (χ0v) is 17.5. The van der Waals surface area contributed by atoms with E-state index in [2.05, 4.69) is 29.0 Å². The van der Waals surface area contributed by atoms with Crippen molar-refractivity contribution in [3.8, 4) is 0 Å². The highest BCUT2D eigenvalue weighted by atomic mass is 35.5. The molecule has 0 fully saturated rings. The molecule has 3 aromatic rings. The van der Waals surface area contributed by atoms with Crippen molar-refractivity contribution >= 4 is 34.8 Å². The molecule has 152 valence electrons. The van der Waals surface area contributed by atoms with E-state index in [0.717, 1.165) is 5.56 Å². The van der Waals surface area contributed by atoms with Crippen molar-refractivity contribution in [2.75, 3.05) is 5.32 Å². The topological polar surface area (TPSA) is 58.4 Å². The fourth-order valence-corrected chi connectivity index (χ4v) is 3.15. The lowest BCUT2D eigenvalue weighted by Crippen LogP contribution is -2.30. The van der Waals surface area contributed by atoms with Gasteiger partial charge in [-0.05, 0) is 55.8 Å². The number of nitrogens with zero attached hydrogens (tertiary/aromatic N) is 2. The summed E-state index contributed by atoms with van der Waals surface area (Å²) in [5, 5.41) is 3.83. The summed E-state index contributed by atoms with van der Waals surface area (Å²) in [7, 11) is 0. The van der Waals surface area contributed by atoms with E-state index in [4.69, 9.17) is 27.6 Å². The Balaban J connectivity index is 1.67. The molecule has 0 spiro atoms. The van der Waals surface area contributed by atoms with E-state index in [0.29, 0.717) is 34.7 Å². The van der Waals surface area contributed by atoms with Crippen LogP contribution in [0.25, 0.3) is 0 Å². The minimum absolute atomic E-state index is 0.151. The first kappa shape index (κ1) is 21.3. The molecule has 0 aliphatic heterocycles. The van der Waals surface area contributed by atoms with Crippen molar-refractivity contribution in [2.45, 2.75) is 33.0 Å². The van der Waals surface area contributed by atoms with Crippen LogP contribution in [0.3, 0.4) is 0 Å². The van der Waals surface area contributed by atoms with Crippen LogP contribution in [-0.4, -0.2) is 21.8 Å². The van der Waals surface area contributed by atoms with Gasteiger partial charge in [-0.1, -0.05) is 29.3 Å². The van der Waals surface area contributed by atoms with Crippen molar-refractivity contribution in [1.82, 2.24) is 9.88 Å². The summed E-state index contributed by atoms with van der Waals surface area (Å²) in [6.45, 7) is 5.08. The highest BCUT2D eigenvalue weighted by Crippen LogP contribution is 2.24. The average Bonchev–Trinajstić information content (AvgIpc) is 3.14. The molecular formula is C21H20Cl2FN3O2. The van der Waals surface area contributed by atoms with Gasteiger partial charge in [0.15, 0.2) is 5.69 Å². The molecule has 0 aliphatic carbocycles. The van der Waals surface area contributed by atoms with Gasteiger partial charge >= 0.3 is 0 Å². The maximum absolute atomic E-state index is 13.0. The van der Waals surface area contributed by atoms with Crippen LogP contribution in [0.4, 0.5) is 10.1 Å². The van der Waals surface area contributed by atoms with Crippen LogP contribution in [0, 0.1) is 5.82 Å². The minimum atomic E-state index is -0.427. The first-order chi connectivity index (χ1) is 13.8. The van der Waals surface area contributed by atoms with Gasteiger partial charge in [0.05, 0.1) is 6.54 Å². The molecule has 29 heavy (non-hydrogen) atoms. The first-order valence-corrected chi connectivity index (χ1v) is 9.76. The Hall–Kier alpha value is -2.41. The second-order valence-corrected chi connectivity index (χ2v) is 7.67. The van der Waals surface area contributed by atoms with Crippen molar-refractivity contribution in [3.05, 3.63) is 81.7 Å². The molecule has 0 radical (unpaired) electrons. The van der Waals surface area contributed by atoms with Crippen molar-refractivity contribution in [1.29, 1.82) is 0 Å². The van der Waals surface area contributed by atoms with E-state index in [1.807, 2.05) is 6.07 Å². The number of oxazole rings is 1. The van der Waals surface area contributed by atoms with Crippen LogP contribution in [0.5, 0.6) is 0 Å². The summed E-state index contributed by atoms with van der Waals surface area (Å²) in [5.41, 5.74) is 1.56. The van der Waals surface area contributed by atoms with Crippen LogP contribution in [0.1, 0.15) is 35.8 Å². The SMILES string of the molecule is CC(C)N(Cc1nc(C(=O)Nc2ccc(F)cc2)co1)Cc1ccc(Cl)cc1Cl. The second kappa shape index (κ2) is 9.39. The fraction of sp³-hybridized carbons (Fsp3) is 0.238. The van der Waals surface area contributed by atoms with Gasteiger partial charge in [0.25, 0.3) is 5.91 Å². The Labute approximate surface area is 178 Å². The van der Waals surface area contributed by atoms with Gasteiger partial charge in [0, 0.05) is 28.3 Å². The molecule has 0 bridgehead atoms. The third kappa shape index (κ3) is 5.79. The molecule has 8 heteroatoms. The molecular weight excluding hydrogens is 416 g/mol. The number of amides is 1. The van der Waals surface area contributed by atoms with E-state index < -0.39 is 5.91 Å². The molecule has 1 heterocycles. The average molecular weight is 436 g/mol. The van der Waals surface area contributed by atoms with E-state index in [-0.39, 0.29) is 17.6 Å². The highest BCUT2D eigenvalue weighted by molar-refractivity contribution is 6.35. The standard InChI is InChI=1S/C21H20Cl2FN3O2/c1-13(2)27(10-14-3-4-15(22)9-18(14)23)11-20-26-19(12-29-20)21(28)25-17-7-5-16(24)6-8-17/h3-9,12-13H,10-11H2,1-2H3,(H,25,28). The summed E-state index contributed by atoms with van der Waals surface area (Å²) < 4.78 is 18.5. The predicted octanol–water partition coefficient (Wildman–Crippen LogP) is 5.78.